The summed E-state index contributed by atoms with van der Waals surface area (Å²) in [6, 6.07) is 13.5. The maximum absolute atomic E-state index is 12.3. The topological polar surface area (TPSA) is 95.9 Å². The van der Waals surface area contributed by atoms with E-state index in [9.17, 15) is 4.79 Å². The number of pyridine rings is 1. The molecule has 0 radical (unpaired) electrons. The third kappa shape index (κ3) is 4.92. The van der Waals surface area contributed by atoms with E-state index in [1.807, 2.05) is 43.3 Å². The molecule has 0 fully saturated rings. The first-order valence-electron chi connectivity index (χ1n) is 9.91. The summed E-state index contributed by atoms with van der Waals surface area (Å²) in [4.78, 5) is 20.6. The van der Waals surface area contributed by atoms with Gasteiger partial charge >= 0.3 is 5.97 Å². The van der Waals surface area contributed by atoms with Gasteiger partial charge < -0.3 is 9.26 Å². The highest BCUT2D eigenvalue weighted by Gasteiger charge is 2.19. The van der Waals surface area contributed by atoms with Crippen LogP contribution in [-0.2, 0) is 16.1 Å². The lowest BCUT2D eigenvalue weighted by Crippen LogP contribution is -2.06. The van der Waals surface area contributed by atoms with Gasteiger partial charge in [0.2, 0.25) is 5.82 Å². The Labute approximate surface area is 189 Å². The van der Waals surface area contributed by atoms with Crippen molar-refractivity contribution < 1.29 is 14.1 Å². The van der Waals surface area contributed by atoms with Crippen LogP contribution >= 0.6 is 11.6 Å². The lowest BCUT2D eigenvalue weighted by molar-refractivity contribution is -0.143. The van der Waals surface area contributed by atoms with Crippen molar-refractivity contribution in [1.29, 1.82) is 0 Å². The number of halogens is 1. The van der Waals surface area contributed by atoms with Crippen LogP contribution in [-0.4, -0.2) is 30.9 Å². The molecular formula is C23H20ClN5O3. The molecule has 0 saturated carbocycles. The zero-order valence-electron chi connectivity index (χ0n) is 17.5. The third-order valence-corrected chi connectivity index (χ3v) is 5.07. The normalized spacial score (nSPS) is 12.2. The minimum atomic E-state index is -0.720. The summed E-state index contributed by atoms with van der Waals surface area (Å²) in [7, 11) is 0. The molecule has 0 N–H and O–H groups in total. The molecule has 32 heavy (non-hydrogen) atoms. The molecule has 0 amide bonds. The number of carbonyl (C=O) groups excluding carboxylic acids is 1. The van der Waals surface area contributed by atoms with E-state index in [1.54, 1.807) is 36.1 Å². The van der Waals surface area contributed by atoms with Crippen molar-refractivity contribution in [1.82, 2.24) is 24.9 Å². The number of hydrogen-bond acceptors (Lipinski definition) is 7. The molecule has 0 aliphatic rings. The van der Waals surface area contributed by atoms with Crippen LogP contribution in [0, 0.1) is 6.92 Å². The second-order valence-corrected chi connectivity index (χ2v) is 7.40. The van der Waals surface area contributed by atoms with E-state index >= 15 is 0 Å². The SMILES string of the molecule is Cc1nn(Cc2ccccc2)c(Cl)c1/C=C/C(=O)OC(C)c1nc(-c2cccnc2)no1. The van der Waals surface area contributed by atoms with Crippen LogP contribution in [0.2, 0.25) is 5.15 Å². The maximum Gasteiger partial charge on any atom is 0.331 e. The summed E-state index contributed by atoms with van der Waals surface area (Å²) in [5, 5.41) is 8.82. The molecular weight excluding hydrogens is 430 g/mol. The molecule has 3 heterocycles. The molecule has 1 unspecified atom stereocenters. The number of ether oxygens (including phenoxy) is 1. The summed E-state index contributed by atoms with van der Waals surface area (Å²) >= 11 is 6.48. The fourth-order valence-corrected chi connectivity index (χ4v) is 3.34. The van der Waals surface area contributed by atoms with Gasteiger partial charge in [0.15, 0.2) is 6.10 Å². The average Bonchev–Trinajstić information content (AvgIpc) is 3.39. The number of hydrogen-bond donors (Lipinski definition) is 0. The molecule has 8 nitrogen and oxygen atoms in total. The standard InChI is InChI=1S/C23H20ClN5O3/c1-15-19(21(24)29(27-15)14-17-7-4-3-5-8-17)10-11-20(30)31-16(2)23-26-22(28-32-23)18-9-6-12-25-13-18/h3-13,16H,14H2,1-2H3/b11-10+. The first kappa shape index (κ1) is 21.5. The number of nitrogens with zero attached hydrogens (tertiary/aromatic N) is 5. The van der Waals surface area contributed by atoms with Crippen molar-refractivity contribution >= 4 is 23.6 Å². The molecule has 1 aromatic carbocycles. The van der Waals surface area contributed by atoms with Gasteiger partial charge in [0, 0.05) is 29.6 Å². The molecule has 0 spiro atoms. The Bertz CT molecular complexity index is 1240. The molecule has 4 aromatic rings. The minimum Gasteiger partial charge on any atom is -0.449 e. The van der Waals surface area contributed by atoms with Crippen LogP contribution in [0.1, 0.15) is 35.7 Å². The van der Waals surface area contributed by atoms with Gasteiger partial charge in [-0.1, -0.05) is 47.1 Å². The van der Waals surface area contributed by atoms with Crippen LogP contribution in [0.25, 0.3) is 17.5 Å². The fraction of sp³-hybridized carbons (Fsp3) is 0.174. The molecule has 4 rings (SSSR count). The van der Waals surface area contributed by atoms with Crippen molar-refractivity contribution in [3.63, 3.8) is 0 Å². The molecule has 162 valence electrons. The predicted molar refractivity (Wildman–Crippen MR) is 119 cm³/mol. The van der Waals surface area contributed by atoms with Crippen LogP contribution in [0.5, 0.6) is 0 Å². The maximum atomic E-state index is 12.3. The van der Waals surface area contributed by atoms with Gasteiger partial charge in [-0.25, -0.2) is 9.48 Å². The van der Waals surface area contributed by atoms with Crippen LogP contribution < -0.4 is 0 Å². The Balaban J connectivity index is 1.41. The Morgan fingerprint density at radius 1 is 1.25 bits per heavy atom. The number of carbonyl (C=O) groups is 1. The first-order valence-corrected chi connectivity index (χ1v) is 10.3. The van der Waals surface area contributed by atoms with Gasteiger partial charge in [0.25, 0.3) is 5.89 Å². The van der Waals surface area contributed by atoms with Gasteiger partial charge in [0.1, 0.15) is 5.15 Å². The zero-order chi connectivity index (χ0) is 22.5. The van der Waals surface area contributed by atoms with E-state index in [1.165, 1.54) is 6.08 Å². The molecule has 1 atom stereocenters. The van der Waals surface area contributed by atoms with E-state index in [0.29, 0.717) is 34.3 Å². The van der Waals surface area contributed by atoms with E-state index in [4.69, 9.17) is 20.9 Å². The minimum absolute atomic E-state index is 0.190. The number of esters is 1. The molecule has 9 heteroatoms. The summed E-state index contributed by atoms with van der Waals surface area (Å²) in [6.07, 6.45) is 5.45. The third-order valence-electron chi connectivity index (χ3n) is 4.67. The van der Waals surface area contributed by atoms with Crippen molar-refractivity contribution in [2.75, 3.05) is 0 Å². The van der Waals surface area contributed by atoms with E-state index < -0.39 is 12.1 Å². The molecule has 0 bridgehead atoms. The summed E-state index contributed by atoms with van der Waals surface area (Å²) in [6.45, 7) is 4.02. The number of aryl methyl sites for hydroxylation is 1. The Hall–Kier alpha value is -3.78. The van der Waals surface area contributed by atoms with Gasteiger partial charge in [-0.05, 0) is 37.6 Å². The summed E-state index contributed by atoms with van der Waals surface area (Å²) < 4.78 is 12.3. The van der Waals surface area contributed by atoms with E-state index in [-0.39, 0.29) is 5.89 Å². The lowest BCUT2D eigenvalue weighted by Gasteiger charge is -2.06. The van der Waals surface area contributed by atoms with Gasteiger partial charge in [-0.2, -0.15) is 10.1 Å². The average molecular weight is 450 g/mol. The number of benzene rings is 1. The van der Waals surface area contributed by atoms with E-state index in [0.717, 1.165) is 5.56 Å². The Kier molecular flexibility index (Phi) is 6.42. The fourth-order valence-electron chi connectivity index (χ4n) is 3.05. The van der Waals surface area contributed by atoms with Crippen molar-refractivity contribution in [2.45, 2.75) is 26.5 Å². The van der Waals surface area contributed by atoms with Gasteiger partial charge in [-0.3, -0.25) is 4.98 Å². The number of aromatic nitrogens is 5. The number of rotatable bonds is 7. The molecule has 3 aromatic heterocycles. The van der Waals surface area contributed by atoms with Crippen molar-refractivity contribution in [3.8, 4) is 11.4 Å². The second kappa shape index (κ2) is 9.57. The van der Waals surface area contributed by atoms with E-state index in [2.05, 4.69) is 20.2 Å². The zero-order valence-corrected chi connectivity index (χ0v) is 18.2. The van der Waals surface area contributed by atoms with Crippen LogP contribution in [0.15, 0.2) is 65.5 Å². The van der Waals surface area contributed by atoms with Crippen molar-refractivity contribution in [2.24, 2.45) is 0 Å². The Morgan fingerprint density at radius 2 is 2.06 bits per heavy atom. The highest BCUT2D eigenvalue weighted by molar-refractivity contribution is 6.31. The molecule has 0 aliphatic carbocycles. The highest BCUT2D eigenvalue weighted by atomic mass is 35.5. The van der Waals surface area contributed by atoms with Crippen molar-refractivity contribution in [3.05, 3.63) is 88.8 Å². The summed E-state index contributed by atoms with van der Waals surface area (Å²) in [5.41, 5.74) is 3.15. The largest absolute Gasteiger partial charge is 0.449 e. The lowest BCUT2D eigenvalue weighted by atomic mass is 10.2. The molecule has 0 aliphatic heterocycles. The monoisotopic (exact) mass is 449 g/mol. The van der Waals surface area contributed by atoms with Gasteiger partial charge in [-0.15, -0.1) is 0 Å². The predicted octanol–water partition coefficient (Wildman–Crippen LogP) is 4.66. The smallest absolute Gasteiger partial charge is 0.331 e. The Morgan fingerprint density at radius 3 is 2.81 bits per heavy atom. The highest BCUT2D eigenvalue weighted by Crippen LogP contribution is 2.23. The quantitative estimate of drug-likeness (QED) is 0.299. The van der Waals surface area contributed by atoms with Gasteiger partial charge in [0.05, 0.1) is 12.2 Å². The first-order chi connectivity index (χ1) is 15.5. The molecule has 0 saturated heterocycles. The van der Waals surface area contributed by atoms with Crippen LogP contribution in [0.3, 0.4) is 0 Å². The second-order valence-electron chi connectivity index (χ2n) is 7.04. The summed E-state index contributed by atoms with van der Waals surface area (Å²) in [5.74, 6) is 0.000165. The van der Waals surface area contributed by atoms with Crippen LogP contribution in [0.4, 0.5) is 0 Å².